The number of anilines is 3. The van der Waals surface area contributed by atoms with Crippen LogP contribution in [0.2, 0.25) is 0 Å². The fourth-order valence-corrected chi connectivity index (χ4v) is 3.79. The van der Waals surface area contributed by atoms with Crippen molar-refractivity contribution >= 4 is 40.8 Å². The smallest absolute Gasteiger partial charge is 0.335 e. The molecule has 3 heteroatoms. The minimum atomic E-state index is -1.02. The van der Waals surface area contributed by atoms with E-state index in [4.69, 9.17) is 0 Å². The highest BCUT2D eigenvalue weighted by molar-refractivity contribution is 6.15. The molecule has 0 amide bonds. The third-order valence-electron chi connectivity index (χ3n) is 5.74. The number of nitrogens with zero attached hydrogens (tertiary/aromatic N) is 1. The Hall–Kier alpha value is -4.37. The number of carboxylic acids is 1. The van der Waals surface area contributed by atoms with Crippen LogP contribution in [0.5, 0.6) is 0 Å². The summed E-state index contributed by atoms with van der Waals surface area (Å²) in [5.74, 6) is -1.02. The number of rotatable bonds is 7. The fourth-order valence-electron chi connectivity index (χ4n) is 3.79. The summed E-state index contributed by atoms with van der Waals surface area (Å²) in [6.07, 6.45) is 3.91. The van der Waals surface area contributed by atoms with Gasteiger partial charge in [-0.15, -0.1) is 0 Å². The van der Waals surface area contributed by atoms with Crippen LogP contribution in [0.4, 0.5) is 17.1 Å². The number of carboxylic acid groups (broad SMARTS) is 1. The maximum absolute atomic E-state index is 11.4. The first-order chi connectivity index (χ1) is 16.4. The molecule has 0 unspecified atom stereocenters. The van der Waals surface area contributed by atoms with Crippen molar-refractivity contribution in [3.05, 3.63) is 131 Å². The van der Waals surface area contributed by atoms with E-state index < -0.39 is 5.97 Å². The maximum atomic E-state index is 11.4. The summed E-state index contributed by atoms with van der Waals surface area (Å²) in [4.78, 5) is 13.6. The van der Waals surface area contributed by atoms with Crippen molar-refractivity contribution < 1.29 is 9.90 Å². The number of hydrogen-bond donors (Lipinski definition) is 1. The molecule has 4 rings (SSSR count). The van der Waals surface area contributed by atoms with E-state index in [-0.39, 0.29) is 5.57 Å². The molecule has 0 spiro atoms. The van der Waals surface area contributed by atoms with Crippen LogP contribution >= 0.6 is 0 Å². The Morgan fingerprint density at radius 2 is 1.18 bits per heavy atom. The second-order valence-corrected chi connectivity index (χ2v) is 8.30. The van der Waals surface area contributed by atoms with E-state index in [2.05, 4.69) is 98.1 Å². The molecular weight excluding hydrogens is 418 g/mol. The summed E-state index contributed by atoms with van der Waals surface area (Å²) in [7, 11) is 0. The zero-order valence-corrected chi connectivity index (χ0v) is 19.4. The van der Waals surface area contributed by atoms with Gasteiger partial charge >= 0.3 is 5.97 Å². The quantitative estimate of drug-likeness (QED) is 0.231. The van der Waals surface area contributed by atoms with Crippen LogP contribution in [-0.4, -0.2) is 11.1 Å². The lowest BCUT2D eigenvalue weighted by atomic mass is 10.00. The van der Waals surface area contributed by atoms with E-state index in [1.54, 1.807) is 6.07 Å². The average molecular weight is 446 g/mol. The number of benzene rings is 4. The van der Waals surface area contributed by atoms with Crippen LogP contribution in [0.1, 0.15) is 27.8 Å². The average Bonchev–Trinajstić information content (AvgIpc) is 2.85. The maximum Gasteiger partial charge on any atom is 0.335 e. The normalized spacial score (nSPS) is 10.9. The number of aryl methyl sites for hydroxylation is 2. The van der Waals surface area contributed by atoms with E-state index in [9.17, 15) is 9.90 Å². The van der Waals surface area contributed by atoms with Crippen molar-refractivity contribution in [3.63, 3.8) is 0 Å². The monoisotopic (exact) mass is 445 g/mol. The van der Waals surface area contributed by atoms with Gasteiger partial charge in [0, 0.05) is 17.1 Å². The minimum absolute atomic E-state index is 0.0856. The summed E-state index contributed by atoms with van der Waals surface area (Å²) >= 11 is 0. The number of aliphatic carboxylic acids is 1. The van der Waals surface area contributed by atoms with Gasteiger partial charge in [-0.25, -0.2) is 4.79 Å². The molecule has 4 aromatic rings. The minimum Gasteiger partial charge on any atom is -0.478 e. The van der Waals surface area contributed by atoms with Crippen LogP contribution in [-0.2, 0) is 4.79 Å². The van der Waals surface area contributed by atoms with Crippen LogP contribution in [0.15, 0.2) is 104 Å². The summed E-state index contributed by atoms with van der Waals surface area (Å²) in [6.45, 7) is 7.88. The van der Waals surface area contributed by atoms with Crippen molar-refractivity contribution in [2.75, 3.05) is 4.90 Å². The molecule has 0 bridgehead atoms. The van der Waals surface area contributed by atoms with Gasteiger partial charge in [-0.05, 0) is 66.9 Å². The molecule has 0 fully saturated rings. The Morgan fingerprint density at radius 1 is 0.706 bits per heavy atom. The Labute approximate surface area is 200 Å². The van der Waals surface area contributed by atoms with Crippen molar-refractivity contribution in [1.82, 2.24) is 0 Å². The summed E-state index contributed by atoms with van der Waals surface area (Å²) in [5.41, 5.74) is 8.24. The van der Waals surface area contributed by atoms with Crippen molar-refractivity contribution in [2.24, 2.45) is 0 Å². The molecular formula is C31H27NO2. The fraction of sp³-hybridized carbons (Fsp3) is 0.0645. The molecule has 0 aliphatic heterocycles. The largest absolute Gasteiger partial charge is 0.478 e. The van der Waals surface area contributed by atoms with Gasteiger partial charge < -0.3 is 10.0 Å². The van der Waals surface area contributed by atoms with Crippen molar-refractivity contribution in [1.29, 1.82) is 0 Å². The van der Waals surface area contributed by atoms with Crippen molar-refractivity contribution in [3.8, 4) is 0 Å². The topological polar surface area (TPSA) is 40.5 Å². The molecule has 0 saturated heterocycles. The highest BCUT2D eigenvalue weighted by Crippen LogP contribution is 2.35. The SMILES string of the molecule is C=C(C(=O)O)c1ccccc1C=Cc1ccc(N(c2ccc(C)cc2)c2ccc(C)cc2)cc1. The zero-order chi connectivity index (χ0) is 24.1. The van der Waals surface area contributed by atoms with Gasteiger partial charge in [-0.3, -0.25) is 0 Å². The second-order valence-electron chi connectivity index (χ2n) is 8.30. The van der Waals surface area contributed by atoms with Gasteiger partial charge in [0.25, 0.3) is 0 Å². The van der Waals surface area contributed by atoms with E-state index in [1.807, 2.05) is 30.4 Å². The van der Waals surface area contributed by atoms with E-state index in [0.29, 0.717) is 5.56 Å². The molecule has 1 N–H and O–H groups in total. The first-order valence-electron chi connectivity index (χ1n) is 11.2. The van der Waals surface area contributed by atoms with Gasteiger partial charge in [0.2, 0.25) is 0 Å². The Balaban J connectivity index is 1.65. The first kappa shape index (κ1) is 22.8. The van der Waals surface area contributed by atoms with Crippen LogP contribution in [0.3, 0.4) is 0 Å². The van der Waals surface area contributed by atoms with Gasteiger partial charge in [0.1, 0.15) is 0 Å². The molecule has 0 aromatic heterocycles. The van der Waals surface area contributed by atoms with Crippen molar-refractivity contribution in [2.45, 2.75) is 13.8 Å². The summed E-state index contributed by atoms with van der Waals surface area (Å²) in [5, 5.41) is 9.32. The molecule has 0 atom stereocenters. The molecule has 0 aliphatic rings. The third kappa shape index (κ3) is 5.16. The number of hydrogen-bond acceptors (Lipinski definition) is 2. The predicted molar refractivity (Wildman–Crippen MR) is 143 cm³/mol. The lowest BCUT2D eigenvalue weighted by Crippen LogP contribution is -2.09. The van der Waals surface area contributed by atoms with Crippen LogP contribution in [0.25, 0.3) is 17.7 Å². The molecule has 3 nitrogen and oxygen atoms in total. The van der Waals surface area contributed by atoms with E-state index >= 15 is 0 Å². The Morgan fingerprint density at radius 3 is 1.68 bits per heavy atom. The van der Waals surface area contributed by atoms with Gasteiger partial charge in [0.15, 0.2) is 0 Å². The molecule has 168 valence electrons. The van der Waals surface area contributed by atoms with Crippen LogP contribution < -0.4 is 4.90 Å². The van der Waals surface area contributed by atoms with Gasteiger partial charge in [-0.1, -0.05) is 90.5 Å². The summed E-state index contributed by atoms with van der Waals surface area (Å²) in [6, 6.07) is 32.7. The Kier molecular flexibility index (Phi) is 6.74. The molecule has 34 heavy (non-hydrogen) atoms. The van der Waals surface area contributed by atoms with E-state index in [0.717, 1.165) is 28.2 Å². The third-order valence-corrected chi connectivity index (χ3v) is 5.74. The zero-order valence-electron chi connectivity index (χ0n) is 19.4. The molecule has 0 heterocycles. The lowest BCUT2D eigenvalue weighted by molar-refractivity contribution is -0.130. The predicted octanol–water partition coefficient (Wildman–Crippen LogP) is 8.04. The standard InChI is InChI=1S/C31H27NO2/c1-22-8-16-27(17-9-22)32(28-18-10-23(2)11-19-28)29-20-13-25(14-21-29)12-15-26-6-4-5-7-30(26)24(3)31(33)34/h4-21H,3H2,1-2H3,(H,33,34). The van der Waals surface area contributed by atoms with E-state index in [1.165, 1.54) is 11.1 Å². The lowest BCUT2D eigenvalue weighted by Gasteiger charge is -2.25. The second kappa shape index (κ2) is 10.1. The number of carbonyl (C=O) groups is 1. The first-order valence-corrected chi connectivity index (χ1v) is 11.2. The molecule has 0 radical (unpaired) electrons. The Bertz CT molecular complexity index is 1290. The van der Waals surface area contributed by atoms with Gasteiger partial charge in [-0.2, -0.15) is 0 Å². The molecule has 0 aliphatic carbocycles. The van der Waals surface area contributed by atoms with Gasteiger partial charge in [0.05, 0.1) is 5.57 Å². The highest BCUT2D eigenvalue weighted by atomic mass is 16.4. The molecule has 4 aromatic carbocycles. The highest BCUT2D eigenvalue weighted by Gasteiger charge is 2.12. The summed E-state index contributed by atoms with van der Waals surface area (Å²) < 4.78 is 0. The molecule has 0 saturated carbocycles. The van der Waals surface area contributed by atoms with Crippen LogP contribution in [0, 0.1) is 13.8 Å².